The van der Waals surface area contributed by atoms with E-state index in [2.05, 4.69) is 61.4 Å². The molecule has 2 aromatic rings. The van der Waals surface area contributed by atoms with E-state index in [1.807, 2.05) is 36.9 Å². The fourth-order valence-electron chi connectivity index (χ4n) is 4.77. The Balaban J connectivity index is 2.03. The van der Waals surface area contributed by atoms with Gasteiger partial charge < -0.3 is 15.0 Å². The van der Waals surface area contributed by atoms with Crippen molar-refractivity contribution in [3.8, 4) is 5.75 Å². The smallest absolute Gasteiger partial charge is 0.253 e. The molecule has 3 rings (SSSR count). The standard InChI is InChI=1S/C26H37N3O2/c1-7-29(8-2)25(30)21-14-12-20(13-15-21)24(22-10-9-11-23(16-22)31-6)26(4)18-27-19(3)17-28(26)5/h9-16,19,24,27H,7-8,17-18H2,1-6H3. The molecule has 0 saturated carbocycles. The van der Waals surface area contributed by atoms with Gasteiger partial charge >= 0.3 is 0 Å². The second kappa shape index (κ2) is 9.84. The topological polar surface area (TPSA) is 44.8 Å². The summed E-state index contributed by atoms with van der Waals surface area (Å²) in [6.07, 6.45) is 0. The van der Waals surface area contributed by atoms with Gasteiger partial charge in [-0.1, -0.05) is 24.3 Å². The number of ether oxygens (including phenoxy) is 1. The lowest BCUT2D eigenvalue weighted by molar-refractivity contribution is 0.0688. The fourth-order valence-corrected chi connectivity index (χ4v) is 4.77. The second-order valence-electron chi connectivity index (χ2n) is 8.83. The van der Waals surface area contributed by atoms with Gasteiger partial charge in [-0.25, -0.2) is 0 Å². The van der Waals surface area contributed by atoms with Gasteiger partial charge in [-0.2, -0.15) is 0 Å². The number of hydrogen-bond acceptors (Lipinski definition) is 4. The minimum absolute atomic E-state index is 0.0889. The van der Waals surface area contributed by atoms with Gasteiger partial charge in [0.1, 0.15) is 5.75 Å². The predicted molar refractivity (Wildman–Crippen MR) is 127 cm³/mol. The molecule has 2 aromatic carbocycles. The molecule has 0 spiro atoms. The highest BCUT2D eigenvalue weighted by atomic mass is 16.5. The lowest BCUT2D eigenvalue weighted by Crippen LogP contribution is -2.63. The minimum Gasteiger partial charge on any atom is -0.497 e. The second-order valence-corrected chi connectivity index (χ2v) is 8.83. The van der Waals surface area contributed by atoms with E-state index in [1.165, 1.54) is 11.1 Å². The Labute approximate surface area is 187 Å². The normalized spacial score (nSPS) is 22.7. The summed E-state index contributed by atoms with van der Waals surface area (Å²) in [6.45, 7) is 11.9. The van der Waals surface area contributed by atoms with Gasteiger partial charge in [0.05, 0.1) is 7.11 Å². The molecule has 0 bridgehead atoms. The molecule has 1 heterocycles. The third kappa shape index (κ3) is 4.78. The largest absolute Gasteiger partial charge is 0.497 e. The molecule has 0 aromatic heterocycles. The Morgan fingerprint density at radius 3 is 2.45 bits per heavy atom. The van der Waals surface area contributed by atoms with Crippen LogP contribution in [-0.4, -0.2) is 67.6 Å². The third-order valence-corrected chi connectivity index (χ3v) is 6.82. The Morgan fingerprint density at radius 1 is 1.19 bits per heavy atom. The molecule has 5 nitrogen and oxygen atoms in total. The molecular weight excluding hydrogens is 386 g/mol. The Bertz CT molecular complexity index is 878. The van der Waals surface area contributed by atoms with Gasteiger partial charge in [-0.15, -0.1) is 0 Å². The van der Waals surface area contributed by atoms with E-state index in [9.17, 15) is 4.79 Å². The van der Waals surface area contributed by atoms with Crippen molar-refractivity contribution in [2.75, 3.05) is 40.3 Å². The van der Waals surface area contributed by atoms with E-state index in [4.69, 9.17) is 4.74 Å². The summed E-state index contributed by atoms with van der Waals surface area (Å²) in [5.41, 5.74) is 3.04. The van der Waals surface area contributed by atoms with Gasteiger partial charge in [0.15, 0.2) is 0 Å². The molecule has 3 atom stereocenters. The van der Waals surface area contributed by atoms with E-state index in [1.54, 1.807) is 7.11 Å². The first kappa shape index (κ1) is 23.3. The number of nitrogens with zero attached hydrogens (tertiary/aromatic N) is 2. The molecule has 1 saturated heterocycles. The maximum absolute atomic E-state index is 12.8. The number of benzene rings is 2. The number of piperazine rings is 1. The monoisotopic (exact) mass is 423 g/mol. The number of nitrogens with one attached hydrogen (secondary N) is 1. The first-order valence-corrected chi connectivity index (χ1v) is 11.3. The highest BCUT2D eigenvalue weighted by molar-refractivity contribution is 5.94. The average molecular weight is 424 g/mol. The number of rotatable bonds is 7. The van der Waals surface area contributed by atoms with Crippen molar-refractivity contribution in [1.82, 2.24) is 15.1 Å². The number of likely N-dealkylation sites (N-methyl/N-ethyl adjacent to an activating group) is 1. The molecule has 1 aliphatic heterocycles. The summed E-state index contributed by atoms with van der Waals surface area (Å²) in [5, 5.41) is 3.68. The first-order chi connectivity index (χ1) is 14.8. The highest BCUT2D eigenvalue weighted by Crippen LogP contribution is 2.40. The van der Waals surface area contributed by atoms with Gasteiger partial charge in [-0.3, -0.25) is 9.69 Å². The molecule has 168 valence electrons. The van der Waals surface area contributed by atoms with E-state index < -0.39 is 0 Å². The lowest BCUT2D eigenvalue weighted by atomic mass is 9.73. The first-order valence-electron chi connectivity index (χ1n) is 11.3. The van der Waals surface area contributed by atoms with Crippen LogP contribution < -0.4 is 10.1 Å². The lowest BCUT2D eigenvalue weighted by Gasteiger charge is -2.50. The Morgan fingerprint density at radius 2 is 1.87 bits per heavy atom. The van der Waals surface area contributed by atoms with Crippen molar-refractivity contribution >= 4 is 5.91 Å². The summed E-state index contributed by atoms with van der Waals surface area (Å²) < 4.78 is 5.53. The maximum atomic E-state index is 12.8. The van der Waals surface area contributed by atoms with Crippen molar-refractivity contribution in [3.05, 3.63) is 65.2 Å². The SMILES string of the molecule is CCN(CC)C(=O)c1ccc(C(c2cccc(OC)c2)C2(C)CNC(C)CN2C)cc1. The van der Waals surface area contributed by atoms with Crippen LogP contribution in [0.3, 0.4) is 0 Å². The molecule has 5 heteroatoms. The van der Waals surface area contributed by atoms with Crippen molar-refractivity contribution in [2.24, 2.45) is 0 Å². The van der Waals surface area contributed by atoms with Crippen LogP contribution in [0.2, 0.25) is 0 Å². The molecule has 0 aliphatic carbocycles. The Kier molecular flexibility index (Phi) is 7.39. The molecule has 31 heavy (non-hydrogen) atoms. The predicted octanol–water partition coefficient (Wildman–Crippen LogP) is 3.99. The fraction of sp³-hybridized carbons (Fsp3) is 0.500. The number of amides is 1. The molecule has 3 unspecified atom stereocenters. The average Bonchev–Trinajstić information content (AvgIpc) is 2.78. The van der Waals surface area contributed by atoms with Gasteiger partial charge in [0.2, 0.25) is 0 Å². The number of carbonyl (C=O) groups excluding carboxylic acids is 1. The van der Waals surface area contributed by atoms with Crippen LogP contribution in [0, 0.1) is 0 Å². The summed E-state index contributed by atoms with van der Waals surface area (Å²) in [7, 11) is 3.92. The molecule has 1 N–H and O–H groups in total. The highest BCUT2D eigenvalue weighted by Gasteiger charge is 2.42. The van der Waals surface area contributed by atoms with E-state index in [0.29, 0.717) is 6.04 Å². The zero-order valence-corrected chi connectivity index (χ0v) is 19.8. The van der Waals surface area contributed by atoms with Crippen molar-refractivity contribution in [2.45, 2.75) is 45.2 Å². The molecule has 1 amide bonds. The van der Waals surface area contributed by atoms with Gasteiger partial charge in [0.25, 0.3) is 5.91 Å². The molecular formula is C26H37N3O2. The van der Waals surface area contributed by atoms with Crippen LogP contribution in [0.4, 0.5) is 0 Å². The van der Waals surface area contributed by atoms with Crippen LogP contribution in [0.1, 0.15) is 55.1 Å². The summed E-state index contributed by atoms with van der Waals surface area (Å²) in [6, 6.07) is 17.0. The van der Waals surface area contributed by atoms with E-state index in [0.717, 1.165) is 37.5 Å². The number of methoxy groups -OCH3 is 1. The third-order valence-electron chi connectivity index (χ3n) is 6.82. The van der Waals surface area contributed by atoms with E-state index >= 15 is 0 Å². The van der Waals surface area contributed by atoms with Crippen LogP contribution in [-0.2, 0) is 0 Å². The number of carbonyl (C=O) groups is 1. The van der Waals surface area contributed by atoms with Crippen molar-refractivity contribution in [3.63, 3.8) is 0 Å². The summed E-state index contributed by atoms with van der Waals surface area (Å²) in [4.78, 5) is 17.1. The van der Waals surface area contributed by atoms with E-state index in [-0.39, 0.29) is 17.4 Å². The van der Waals surface area contributed by atoms with Crippen LogP contribution in [0.15, 0.2) is 48.5 Å². The maximum Gasteiger partial charge on any atom is 0.253 e. The zero-order valence-electron chi connectivity index (χ0n) is 19.8. The van der Waals surface area contributed by atoms with Crippen LogP contribution in [0.5, 0.6) is 5.75 Å². The molecule has 1 fully saturated rings. The quantitative estimate of drug-likeness (QED) is 0.731. The van der Waals surface area contributed by atoms with Crippen molar-refractivity contribution < 1.29 is 9.53 Å². The number of hydrogen-bond donors (Lipinski definition) is 1. The minimum atomic E-state index is -0.122. The van der Waals surface area contributed by atoms with Crippen LogP contribution in [0.25, 0.3) is 0 Å². The van der Waals surface area contributed by atoms with Gasteiger partial charge in [-0.05, 0) is 70.1 Å². The Hall–Kier alpha value is -2.37. The summed E-state index contributed by atoms with van der Waals surface area (Å²) in [5.74, 6) is 1.08. The molecule has 0 radical (unpaired) electrons. The molecule has 1 aliphatic rings. The zero-order chi connectivity index (χ0) is 22.6. The van der Waals surface area contributed by atoms with Gasteiger partial charge in [0, 0.05) is 49.2 Å². The van der Waals surface area contributed by atoms with Crippen molar-refractivity contribution in [1.29, 1.82) is 0 Å². The van der Waals surface area contributed by atoms with Crippen LogP contribution >= 0.6 is 0 Å². The summed E-state index contributed by atoms with van der Waals surface area (Å²) >= 11 is 0.